The van der Waals surface area contributed by atoms with Crippen molar-refractivity contribution < 1.29 is 26.7 Å². The number of ether oxygens (including phenoxy) is 1. The van der Waals surface area contributed by atoms with E-state index in [1.54, 1.807) is 24.3 Å². The highest BCUT2D eigenvalue weighted by Gasteiger charge is 2.53. The van der Waals surface area contributed by atoms with Gasteiger partial charge >= 0.3 is 0 Å². The number of hydrogen-bond acceptors (Lipinski definition) is 5. The highest BCUT2D eigenvalue weighted by Crippen LogP contribution is 2.40. The van der Waals surface area contributed by atoms with E-state index in [-0.39, 0.29) is 23.0 Å². The van der Waals surface area contributed by atoms with Crippen molar-refractivity contribution in [1.82, 2.24) is 9.62 Å². The third-order valence-corrected chi connectivity index (χ3v) is 9.94. The number of sulfonamides is 1. The number of alkyl halides is 2. The van der Waals surface area contributed by atoms with Gasteiger partial charge in [-0.15, -0.1) is 0 Å². The lowest BCUT2D eigenvalue weighted by atomic mass is 9.95. The van der Waals surface area contributed by atoms with E-state index >= 15 is 8.78 Å². The molecule has 5 rings (SSSR count). The maximum atomic E-state index is 16.2. The molecule has 0 aliphatic carbocycles. The number of carbonyl (C=O) groups is 1. The van der Waals surface area contributed by atoms with Gasteiger partial charge in [0.25, 0.3) is 5.92 Å². The molecule has 11 heteroatoms. The number of benzene rings is 3. The van der Waals surface area contributed by atoms with Gasteiger partial charge in [0.05, 0.1) is 11.5 Å². The Kier molecular flexibility index (Phi) is 8.71. The number of amides is 1. The highest BCUT2D eigenvalue weighted by atomic mass is 79.9. The maximum absolute atomic E-state index is 16.2. The number of carbonyl (C=O) groups excluding carboxylic acids is 1. The molecule has 0 saturated carbocycles. The normalized spacial score (nSPS) is 21.7. The lowest BCUT2D eigenvalue weighted by Gasteiger charge is -2.41. The lowest BCUT2D eigenvalue weighted by molar-refractivity contribution is -0.149. The summed E-state index contributed by atoms with van der Waals surface area (Å²) in [5.41, 5.74) is 5.68. The molecule has 0 aromatic heterocycles. The monoisotopic (exact) mass is 649 g/mol. The van der Waals surface area contributed by atoms with E-state index in [1.165, 1.54) is 41.3 Å². The van der Waals surface area contributed by atoms with Crippen molar-refractivity contribution in [2.75, 3.05) is 6.61 Å². The summed E-state index contributed by atoms with van der Waals surface area (Å²) in [6.07, 6.45) is 4.22. The van der Waals surface area contributed by atoms with Crippen LogP contribution in [0.1, 0.15) is 51.0 Å². The summed E-state index contributed by atoms with van der Waals surface area (Å²) in [5.74, 6) is -4.10. The van der Waals surface area contributed by atoms with Crippen LogP contribution in [0, 0.1) is 0 Å². The molecule has 2 unspecified atom stereocenters. The molecule has 2 aliphatic heterocycles. The molecule has 1 amide bonds. The molecule has 3 N–H and O–H groups in total. The minimum absolute atomic E-state index is 0.117. The summed E-state index contributed by atoms with van der Waals surface area (Å²) in [6.45, 7) is 2.64. The van der Waals surface area contributed by atoms with Gasteiger partial charge in [-0.05, 0) is 79.3 Å². The standard InChI is InChI=1S/C30H34BrF2N3O4S/c1-2-3-14-40-26-12-4-20-16-27(13-5-19(20)15-26)41(38,39)35-28(30(32,33)21-6-8-22(31)9-7-21)29(37)36-24-10-11-25(36)18-23(34)17-24/h4-9,12-13,15-16,23-25,28,35H,2-3,10-11,14,17-18,34H2,1H3/t23?,24?,25?,28-/m0/s1. The predicted molar refractivity (Wildman–Crippen MR) is 157 cm³/mol. The van der Waals surface area contributed by atoms with Gasteiger partial charge in [0.1, 0.15) is 5.75 Å². The van der Waals surface area contributed by atoms with Crippen molar-refractivity contribution in [3.8, 4) is 5.75 Å². The molecule has 2 aliphatic rings. The van der Waals surface area contributed by atoms with Gasteiger partial charge in [-0.3, -0.25) is 4.79 Å². The second-order valence-electron chi connectivity index (χ2n) is 10.9. The maximum Gasteiger partial charge on any atom is 0.298 e. The van der Waals surface area contributed by atoms with Crippen LogP contribution < -0.4 is 15.2 Å². The van der Waals surface area contributed by atoms with E-state index in [0.717, 1.165) is 18.2 Å². The zero-order valence-corrected chi connectivity index (χ0v) is 25.1. The Morgan fingerprint density at radius 1 is 1.07 bits per heavy atom. The third kappa shape index (κ3) is 6.28. The molecule has 2 saturated heterocycles. The van der Waals surface area contributed by atoms with Crippen LogP contribution in [-0.4, -0.2) is 50.0 Å². The number of rotatable bonds is 10. The minimum atomic E-state index is -4.53. The van der Waals surface area contributed by atoms with Crippen LogP contribution in [0.3, 0.4) is 0 Å². The number of nitrogens with two attached hydrogens (primary N) is 1. The van der Waals surface area contributed by atoms with Gasteiger partial charge in [0, 0.05) is 28.2 Å². The van der Waals surface area contributed by atoms with Crippen molar-refractivity contribution in [1.29, 1.82) is 0 Å². The zero-order valence-electron chi connectivity index (χ0n) is 22.7. The van der Waals surface area contributed by atoms with Crippen LogP contribution in [-0.2, 0) is 20.7 Å². The molecule has 0 spiro atoms. The van der Waals surface area contributed by atoms with Gasteiger partial charge in [0.15, 0.2) is 6.04 Å². The molecular weight excluding hydrogens is 616 g/mol. The van der Waals surface area contributed by atoms with Crippen molar-refractivity contribution in [3.63, 3.8) is 0 Å². The van der Waals surface area contributed by atoms with Crippen LogP contribution in [0.4, 0.5) is 8.78 Å². The summed E-state index contributed by atoms with van der Waals surface area (Å²) < 4.78 is 68.0. The number of unbranched alkanes of at least 4 members (excludes halogenated alkanes) is 1. The molecule has 220 valence electrons. The van der Waals surface area contributed by atoms with Crippen LogP contribution in [0.25, 0.3) is 10.8 Å². The smallest absolute Gasteiger partial charge is 0.298 e. The molecule has 7 nitrogen and oxygen atoms in total. The number of piperidine rings is 1. The first-order valence-electron chi connectivity index (χ1n) is 13.9. The van der Waals surface area contributed by atoms with Gasteiger partial charge < -0.3 is 15.4 Å². The highest BCUT2D eigenvalue weighted by molar-refractivity contribution is 9.10. The number of nitrogens with one attached hydrogen (secondary N) is 1. The molecule has 41 heavy (non-hydrogen) atoms. The summed E-state index contributed by atoms with van der Waals surface area (Å²) in [4.78, 5) is 15.1. The van der Waals surface area contributed by atoms with Crippen LogP contribution >= 0.6 is 15.9 Å². The third-order valence-electron chi connectivity index (χ3n) is 8.00. The van der Waals surface area contributed by atoms with E-state index in [4.69, 9.17) is 10.5 Å². The quantitative estimate of drug-likeness (QED) is 0.274. The fourth-order valence-electron chi connectivity index (χ4n) is 5.86. The van der Waals surface area contributed by atoms with Crippen LogP contribution in [0.5, 0.6) is 5.75 Å². The zero-order chi connectivity index (χ0) is 29.4. The number of hydrogen-bond donors (Lipinski definition) is 2. The molecule has 2 fully saturated rings. The topological polar surface area (TPSA) is 102 Å². The van der Waals surface area contributed by atoms with Crippen molar-refractivity contribution in [2.45, 2.75) is 80.4 Å². The van der Waals surface area contributed by atoms with Gasteiger partial charge in [-0.2, -0.15) is 13.5 Å². The van der Waals surface area contributed by atoms with E-state index in [9.17, 15) is 13.2 Å². The van der Waals surface area contributed by atoms with E-state index in [2.05, 4.69) is 27.6 Å². The Morgan fingerprint density at radius 2 is 1.71 bits per heavy atom. The van der Waals surface area contributed by atoms with E-state index < -0.39 is 33.5 Å². The average molecular weight is 651 g/mol. The second-order valence-corrected chi connectivity index (χ2v) is 13.5. The Balaban J connectivity index is 1.47. The summed E-state index contributed by atoms with van der Waals surface area (Å²) >= 11 is 3.24. The number of halogens is 3. The summed E-state index contributed by atoms with van der Waals surface area (Å²) in [5, 5.41) is 1.34. The van der Waals surface area contributed by atoms with Crippen LogP contribution in [0.15, 0.2) is 70.0 Å². The summed E-state index contributed by atoms with van der Waals surface area (Å²) in [6, 6.07) is 11.9. The molecule has 3 atom stereocenters. The molecule has 0 radical (unpaired) electrons. The molecule has 2 heterocycles. The van der Waals surface area contributed by atoms with Crippen molar-refractivity contribution in [2.24, 2.45) is 5.73 Å². The first-order valence-corrected chi connectivity index (χ1v) is 16.2. The van der Waals surface area contributed by atoms with Gasteiger partial charge in [0.2, 0.25) is 15.9 Å². The fourth-order valence-corrected chi connectivity index (χ4v) is 7.35. The number of fused-ring (bicyclic) bond motifs is 3. The number of nitrogens with zero attached hydrogens (tertiary/aromatic N) is 1. The van der Waals surface area contributed by atoms with Crippen molar-refractivity contribution in [3.05, 3.63) is 70.7 Å². The molecular formula is C30H34BrF2N3O4S. The minimum Gasteiger partial charge on any atom is -0.494 e. The fraction of sp³-hybridized carbons (Fsp3) is 0.433. The SMILES string of the molecule is CCCCOc1ccc2cc(S(=O)(=O)N[C@@H](C(=O)N3C4CCC3CC(N)C4)C(F)(F)c3ccc(Br)cc3)ccc2c1. The Bertz CT molecular complexity index is 1510. The Labute approximate surface area is 247 Å². The largest absolute Gasteiger partial charge is 0.494 e. The van der Waals surface area contributed by atoms with E-state index in [0.29, 0.717) is 47.9 Å². The molecule has 3 aromatic carbocycles. The Hall–Kier alpha value is -2.60. The molecule has 2 bridgehead atoms. The average Bonchev–Trinajstić information content (AvgIpc) is 3.22. The lowest BCUT2D eigenvalue weighted by Crippen LogP contribution is -2.60. The Morgan fingerprint density at radius 3 is 2.37 bits per heavy atom. The first-order chi connectivity index (χ1) is 19.5. The predicted octanol–water partition coefficient (Wildman–Crippen LogP) is 5.70. The second kappa shape index (κ2) is 11.9. The first kappa shape index (κ1) is 29.9. The molecule has 3 aromatic rings. The summed E-state index contributed by atoms with van der Waals surface area (Å²) in [7, 11) is -4.53. The van der Waals surface area contributed by atoms with Gasteiger partial charge in [-0.1, -0.05) is 53.5 Å². The van der Waals surface area contributed by atoms with Crippen molar-refractivity contribution >= 4 is 42.6 Å². The van der Waals surface area contributed by atoms with E-state index in [1.807, 2.05) is 0 Å². The van der Waals surface area contributed by atoms with Crippen LogP contribution in [0.2, 0.25) is 0 Å². The van der Waals surface area contributed by atoms with Gasteiger partial charge in [-0.25, -0.2) is 8.42 Å².